The normalized spacial score (nSPS) is 14.2. The lowest BCUT2D eigenvalue weighted by Crippen LogP contribution is -2.44. The highest BCUT2D eigenvalue weighted by Gasteiger charge is 2.24. The van der Waals surface area contributed by atoms with Crippen molar-refractivity contribution in [2.75, 3.05) is 20.1 Å². The molecule has 4 rings (SSSR count). The van der Waals surface area contributed by atoms with E-state index in [1.807, 2.05) is 42.3 Å². The van der Waals surface area contributed by atoms with Crippen molar-refractivity contribution < 1.29 is 4.79 Å². The van der Waals surface area contributed by atoms with E-state index in [-0.39, 0.29) is 30.7 Å². The Hall–Kier alpha value is -2.14. The van der Waals surface area contributed by atoms with Crippen molar-refractivity contribution in [1.29, 1.82) is 0 Å². The van der Waals surface area contributed by atoms with Crippen molar-refractivity contribution in [3.8, 4) is 11.3 Å². The molecule has 1 aliphatic rings. The number of aryl methyl sites for hydroxylation is 1. The minimum atomic E-state index is 0. The Bertz CT molecular complexity index is 968. The smallest absolute Gasteiger partial charge is 0.254 e. The summed E-state index contributed by atoms with van der Waals surface area (Å²) in [5.41, 5.74) is 4.71. The van der Waals surface area contributed by atoms with Gasteiger partial charge in [0, 0.05) is 30.1 Å². The Kier molecular flexibility index (Phi) is 8.03. The van der Waals surface area contributed by atoms with Gasteiger partial charge in [-0.15, -0.1) is 24.8 Å². The van der Waals surface area contributed by atoms with E-state index >= 15 is 0 Å². The summed E-state index contributed by atoms with van der Waals surface area (Å²) in [5, 5.41) is 4.25. The molecule has 1 aromatic heterocycles. The number of likely N-dealkylation sites (tertiary alicyclic amines) is 1. The van der Waals surface area contributed by atoms with Crippen molar-refractivity contribution in [2.45, 2.75) is 25.8 Å². The monoisotopic (exact) mass is 431 g/mol. The minimum absolute atomic E-state index is 0. The molecule has 0 atom stereocenters. The van der Waals surface area contributed by atoms with Crippen LogP contribution in [-0.2, 0) is 0 Å². The predicted molar refractivity (Wildman–Crippen MR) is 124 cm³/mol. The van der Waals surface area contributed by atoms with E-state index < -0.39 is 0 Å². The van der Waals surface area contributed by atoms with Gasteiger partial charge in [-0.3, -0.25) is 4.79 Å². The molecule has 1 amide bonds. The maximum Gasteiger partial charge on any atom is 0.254 e. The molecule has 1 fully saturated rings. The predicted octanol–water partition coefficient (Wildman–Crippen LogP) is 4.88. The molecular formula is C23H27Cl2N3O. The number of hydrogen-bond donors (Lipinski definition) is 1. The zero-order chi connectivity index (χ0) is 18.8. The molecule has 1 N–H and O–H groups in total. The number of piperidine rings is 1. The molecule has 0 aliphatic carbocycles. The van der Waals surface area contributed by atoms with E-state index in [0.717, 1.165) is 53.7 Å². The minimum Gasteiger partial charge on any atom is -0.339 e. The Labute approximate surface area is 184 Å². The standard InChI is InChI=1S/C23H25N3O.2ClH/c1-16-7-9-17(10-8-16)22-15-20(19-5-3-4-6-21(19)25-22)23(27)26-13-11-18(24-2)12-14-26;;/h3-10,15,18,24H,11-14H2,1-2H3;2*1H. The molecule has 1 aliphatic heterocycles. The van der Waals surface area contributed by atoms with Gasteiger partial charge in [-0.2, -0.15) is 0 Å². The van der Waals surface area contributed by atoms with Crippen LogP contribution in [0.3, 0.4) is 0 Å². The van der Waals surface area contributed by atoms with Crippen LogP contribution < -0.4 is 5.32 Å². The molecule has 6 heteroatoms. The fraction of sp³-hybridized carbons (Fsp3) is 0.304. The summed E-state index contributed by atoms with van der Waals surface area (Å²) >= 11 is 0. The van der Waals surface area contributed by atoms with Gasteiger partial charge < -0.3 is 10.2 Å². The summed E-state index contributed by atoms with van der Waals surface area (Å²) in [6.07, 6.45) is 1.99. The number of carbonyl (C=O) groups excluding carboxylic acids is 1. The van der Waals surface area contributed by atoms with Crippen molar-refractivity contribution >= 4 is 41.6 Å². The third-order valence-electron chi connectivity index (χ3n) is 5.48. The first-order valence-corrected chi connectivity index (χ1v) is 9.59. The molecule has 29 heavy (non-hydrogen) atoms. The zero-order valence-corrected chi connectivity index (χ0v) is 18.4. The second-order valence-electron chi connectivity index (χ2n) is 7.29. The average Bonchev–Trinajstić information content (AvgIpc) is 2.73. The fourth-order valence-corrected chi connectivity index (χ4v) is 3.77. The van der Waals surface area contributed by atoms with Gasteiger partial charge in [-0.1, -0.05) is 48.0 Å². The van der Waals surface area contributed by atoms with E-state index in [0.29, 0.717) is 6.04 Å². The van der Waals surface area contributed by atoms with Crippen LogP contribution in [0, 0.1) is 6.92 Å². The lowest BCUT2D eigenvalue weighted by Gasteiger charge is -2.32. The van der Waals surface area contributed by atoms with Gasteiger partial charge in [-0.25, -0.2) is 4.98 Å². The molecule has 1 saturated heterocycles. The van der Waals surface area contributed by atoms with Gasteiger partial charge in [0.1, 0.15) is 0 Å². The van der Waals surface area contributed by atoms with Gasteiger partial charge in [0.05, 0.1) is 16.8 Å². The first-order valence-electron chi connectivity index (χ1n) is 9.59. The summed E-state index contributed by atoms with van der Waals surface area (Å²) in [6, 6.07) is 18.7. The molecule has 2 heterocycles. The molecule has 0 radical (unpaired) electrons. The molecule has 3 aromatic rings. The molecular weight excluding hydrogens is 405 g/mol. The van der Waals surface area contributed by atoms with E-state index in [2.05, 4.69) is 36.5 Å². The van der Waals surface area contributed by atoms with Gasteiger partial charge in [0.2, 0.25) is 0 Å². The first-order chi connectivity index (χ1) is 13.2. The van der Waals surface area contributed by atoms with Crippen molar-refractivity contribution in [3.63, 3.8) is 0 Å². The molecule has 4 nitrogen and oxygen atoms in total. The number of nitrogens with one attached hydrogen (secondary N) is 1. The van der Waals surface area contributed by atoms with Crippen molar-refractivity contribution in [2.24, 2.45) is 0 Å². The van der Waals surface area contributed by atoms with Gasteiger partial charge in [0.25, 0.3) is 5.91 Å². The van der Waals surface area contributed by atoms with E-state index in [1.165, 1.54) is 5.56 Å². The average molecular weight is 432 g/mol. The summed E-state index contributed by atoms with van der Waals surface area (Å²) in [7, 11) is 1.99. The van der Waals surface area contributed by atoms with Crippen LogP contribution in [0.1, 0.15) is 28.8 Å². The van der Waals surface area contributed by atoms with Crippen LogP contribution in [-0.4, -0.2) is 42.0 Å². The summed E-state index contributed by atoms with van der Waals surface area (Å²) in [4.78, 5) is 20.1. The van der Waals surface area contributed by atoms with Gasteiger partial charge >= 0.3 is 0 Å². The molecule has 2 aromatic carbocycles. The summed E-state index contributed by atoms with van der Waals surface area (Å²) in [5.74, 6) is 0.108. The van der Waals surface area contributed by atoms with Crippen LogP contribution in [0.4, 0.5) is 0 Å². The van der Waals surface area contributed by atoms with Gasteiger partial charge in [-0.05, 0) is 38.9 Å². The van der Waals surface area contributed by atoms with Crippen molar-refractivity contribution in [1.82, 2.24) is 15.2 Å². The number of amides is 1. The molecule has 0 spiro atoms. The molecule has 0 unspecified atom stereocenters. The summed E-state index contributed by atoms with van der Waals surface area (Å²) in [6.45, 7) is 3.66. The SMILES string of the molecule is CNC1CCN(C(=O)c2cc(-c3ccc(C)cc3)nc3ccccc23)CC1.Cl.Cl. The number of carbonyl (C=O) groups is 1. The van der Waals surface area contributed by atoms with Crippen molar-refractivity contribution in [3.05, 3.63) is 65.7 Å². The third-order valence-corrected chi connectivity index (χ3v) is 5.48. The van der Waals surface area contributed by atoms with E-state index in [4.69, 9.17) is 4.98 Å². The number of halogens is 2. The van der Waals surface area contributed by atoms with Gasteiger partial charge in [0.15, 0.2) is 0 Å². The topological polar surface area (TPSA) is 45.2 Å². The number of benzene rings is 2. The Morgan fingerprint density at radius 2 is 1.69 bits per heavy atom. The van der Waals surface area contributed by atoms with Crippen LogP contribution in [0.5, 0.6) is 0 Å². The molecule has 0 bridgehead atoms. The fourth-order valence-electron chi connectivity index (χ4n) is 3.77. The number of nitrogens with zero attached hydrogens (tertiary/aromatic N) is 2. The number of pyridine rings is 1. The maximum absolute atomic E-state index is 13.3. The second-order valence-corrected chi connectivity index (χ2v) is 7.29. The molecule has 154 valence electrons. The highest BCUT2D eigenvalue weighted by atomic mass is 35.5. The maximum atomic E-state index is 13.3. The number of hydrogen-bond acceptors (Lipinski definition) is 3. The lowest BCUT2D eigenvalue weighted by molar-refractivity contribution is 0.0709. The molecule has 0 saturated carbocycles. The van der Waals surface area contributed by atoms with E-state index in [9.17, 15) is 4.79 Å². The Balaban J connectivity index is 0.00000150. The quantitative estimate of drug-likeness (QED) is 0.642. The number of para-hydroxylation sites is 1. The largest absolute Gasteiger partial charge is 0.339 e. The Morgan fingerprint density at radius 1 is 1.03 bits per heavy atom. The Morgan fingerprint density at radius 3 is 2.34 bits per heavy atom. The van der Waals surface area contributed by atoms with Crippen LogP contribution in [0.2, 0.25) is 0 Å². The van der Waals surface area contributed by atoms with Crippen LogP contribution >= 0.6 is 24.8 Å². The number of fused-ring (bicyclic) bond motifs is 1. The third kappa shape index (κ3) is 4.89. The van der Waals surface area contributed by atoms with Crippen LogP contribution in [0.25, 0.3) is 22.2 Å². The lowest BCUT2D eigenvalue weighted by atomic mass is 10.0. The second kappa shape index (κ2) is 10.1. The number of aromatic nitrogens is 1. The van der Waals surface area contributed by atoms with Crippen LogP contribution in [0.15, 0.2) is 54.6 Å². The number of rotatable bonds is 3. The first kappa shape index (κ1) is 23.1. The summed E-state index contributed by atoms with van der Waals surface area (Å²) < 4.78 is 0. The van der Waals surface area contributed by atoms with E-state index in [1.54, 1.807) is 0 Å². The highest BCUT2D eigenvalue weighted by molar-refractivity contribution is 6.07. The highest BCUT2D eigenvalue weighted by Crippen LogP contribution is 2.27. The zero-order valence-electron chi connectivity index (χ0n) is 16.7.